The number of hydrogen-bond acceptors (Lipinski definition) is 1. The molecule has 1 nitrogen and oxygen atoms in total. The molecule has 0 aromatic rings. The normalized spacial score (nSPS) is 13.9. The molecule has 0 aliphatic rings. The molecule has 0 spiro atoms. The number of aliphatic imine (C=N–C) groups is 1. The highest BCUT2D eigenvalue weighted by Crippen LogP contribution is 2.22. The van der Waals surface area contributed by atoms with E-state index < -0.39 is 0 Å². The van der Waals surface area contributed by atoms with Crippen LogP contribution in [0, 0.1) is 11.8 Å². The molecule has 0 aliphatic carbocycles. The molecule has 0 amide bonds. The van der Waals surface area contributed by atoms with Gasteiger partial charge >= 0.3 is 0 Å². The third-order valence-corrected chi connectivity index (χ3v) is 3.72. The molecule has 2 unspecified atom stereocenters. The van der Waals surface area contributed by atoms with Crippen molar-refractivity contribution in [2.45, 2.75) is 100 Å². The first kappa shape index (κ1) is 27.9. The second-order valence-corrected chi connectivity index (χ2v) is 5.98. The second kappa shape index (κ2) is 22.1. The van der Waals surface area contributed by atoms with Crippen LogP contribution >= 0.6 is 0 Å². The summed E-state index contributed by atoms with van der Waals surface area (Å²) in [6, 6.07) is 0. The van der Waals surface area contributed by atoms with Gasteiger partial charge in [0.15, 0.2) is 0 Å². The Morgan fingerprint density at radius 3 is 1.96 bits per heavy atom. The zero-order valence-electron chi connectivity index (χ0n) is 17.8. The van der Waals surface area contributed by atoms with Crippen molar-refractivity contribution in [3.8, 4) is 0 Å². The number of halogens is 1. The van der Waals surface area contributed by atoms with Crippen LogP contribution in [0.1, 0.15) is 100 Å². The van der Waals surface area contributed by atoms with Crippen LogP contribution in [0.3, 0.4) is 0 Å². The maximum Gasteiger partial charge on any atom is 0.140 e. The summed E-state index contributed by atoms with van der Waals surface area (Å²) in [4.78, 5) is 4.34. The van der Waals surface area contributed by atoms with E-state index in [2.05, 4.69) is 53.1 Å². The summed E-state index contributed by atoms with van der Waals surface area (Å²) in [5.41, 5.74) is 1.13. The van der Waals surface area contributed by atoms with E-state index in [-0.39, 0.29) is 5.83 Å². The maximum absolute atomic E-state index is 13.1. The lowest BCUT2D eigenvalue weighted by Gasteiger charge is -2.19. The van der Waals surface area contributed by atoms with Crippen molar-refractivity contribution in [2.24, 2.45) is 16.8 Å². The molecule has 0 fully saturated rings. The Balaban J connectivity index is -0.000000786. The first-order valence-corrected chi connectivity index (χ1v) is 10.0. The monoisotopic (exact) mass is 341 g/mol. The van der Waals surface area contributed by atoms with Gasteiger partial charge in [0.05, 0.1) is 6.20 Å². The summed E-state index contributed by atoms with van der Waals surface area (Å²) in [5.74, 6) is 0.902. The Bertz CT molecular complexity index is 318. The summed E-state index contributed by atoms with van der Waals surface area (Å²) < 4.78 is 13.1. The molecule has 144 valence electrons. The Kier molecular flexibility index (Phi) is 25.7. The van der Waals surface area contributed by atoms with Gasteiger partial charge in [0, 0.05) is 5.71 Å². The van der Waals surface area contributed by atoms with Crippen molar-refractivity contribution in [3.05, 3.63) is 24.7 Å². The van der Waals surface area contributed by atoms with E-state index in [1.165, 1.54) is 38.0 Å². The zero-order chi connectivity index (χ0) is 19.4. The Morgan fingerprint density at radius 2 is 1.58 bits per heavy atom. The molecule has 0 aromatic carbocycles. The predicted molar refractivity (Wildman–Crippen MR) is 112 cm³/mol. The van der Waals surface area contributed by atoms with Crippen LogP contribution in [0.15, 0.2) is 29.7 Å². The first-order valence-electron chi connectivity index (χ1n) is 10.0. The Hall–Kier alpha value is -0.920. The minimum absolute atomic E-state index is 0.358. The van der Waals surface area contributed by atoms with E-state index in [9.17, 15) is 4.39 Å². The van der Waals surface area contributed by atoms with Crippen LogP contribution in [-0.4, -0.2) is 5.71 Å². The van der Waals surface area contributed by atoms with Crippen molar-refractivity contribution in [1.82, 2.24) is 0 Å². The van der Waals surface area contributed by atoms with Crippen molar-refractivity contribution >= 4 is 5.71 Å². The van der Waals surface area contributed by atoms with Gasteiger partial charge in [0.1, 0.15) is 5.83 Å². The van der Waals surface area contributed by atoms with Crippen LogP contribution in [0.5, 0.6) is 0 Å². The van der Waals surface area contributed by atoms with Crippen LogP contribution in [0.4, 0.5) is 4.39 Å². The smallest absolute Gasteiger partial charge is 0.140 e. The van der Waals surface area contributed by atoms with Crippen molar-refractivity contribution in [1.29, 1.82) is 0 Å². The molecule has 0 saturated heterocycles. The lowest BCUT2D eigenvalue weighted by molar-refractivity contribution is 0.440. The van der Waals surface area contributed by atoms with Gasteiger partial charge in [-0.3, -0.25) is 4.99 Å². The number of rotatable bonds is 10. The molecule has 0 radical (unpaired) electrons. The molecule has 0 saturated carbocycles. The summed E-state index contributed by atoms with van der Waals surface area (Å²) in [7, 11) is 0. The molecule has 0 rings (SSSR count). The maximum atomic E-state index is 13.1. The third kappa shape index (κ3) is 17.4. The highest BCUT2D eigenvalue weighted by Gasteiger charge is 2.14. The van der Waals surface area contributed by atoms with Gasteiger partial charge < -0.3 is 0 Å². The first-order chi connectivity index (χ1) is 11.5. The van der Waals surface area contributed by atoms with E-state index in [1.807, 2.05) is 13.8 Å². The summed E-state index contributed by atoms with van der Waals surface area (Å²) >= 11 is 0. The van der Waals surface area contributed by atoms with Crippen LogP contribution < -0.4 is 0 Å². The molecular formula is C22H44FN. The van der Waals surface area contributed by atoms with Crippen molar-refractivity contribution in [3.63, 3.8) is 0 Å². The van der Waals surface area contributed by atoms with Crippen molar-refractivity contribution < 1.29 is 4.39 Å². The van der Waals surface area contributed by atoms with E-state index in [0.29, 0.717) is 5.92 Å². The zero-order valence-corrected chi connectivity index (χ0v) is 17.8. The fraction of sp³-hybridized carbons (Fsp3) is 0.773. The van der Waals surface area contributed by atoms with Gasteiger partial charge in [0.2, 0.25) is 0 Å². The number of allylic oxidation sites excluding steroid dienone is 2. The SMILES string of the molecule is C=C/C(F)=C\N=C(CC)C(CCC)CCC(C)CC.CC.CCC. The molecule has 0 heterocycles. The molecule has 0 bridgehead atoms. The topological polar surface area (TPSA) is 12.4 Å². The van der Waals surface area contributed by atoms with Gasteiger partial charge in [-0.1, -0.05) is 87.7 Å². The average molecular weight is 342 g/mol. The summed E-state index contributed by atoms with van der Waals surface area (Å²) in [6.45, 7) is 20.5. The predicted octanol–water partition coefficient (Wildman–Crippen LogP) is 8.52. The number of hydrogen-bond donors (Lipinski definition) is 0. The fourth-order valence-corrected chi connectivity index (χ4v) is 2.20. The quantitative estimate of drug-likeness (QED) is 0.279. The van der Waals surface area contributed by atoms with Gasteiger partial charge in [-0.05, 0) is 37.2 Å². The van der Waals surface area contributed by atoms with E-state index >= 15 is 0 Å². The van der Waals surface area contributed by atoms with Crippen LogP contribution in [-0.2, 0) is 0 Å². The van der Waals surface area contributed by atoms with Crippen LogP contribution in [0.25, 0.3) is 0 Å². The molecule has 24 heavy (non-hydrogen) atoms. The van der Waals surface area contributed by atoms with E-state index in [1.54, 1.807) is 0 Å². The van der Waals surface area contributed by atoms with Crippen molar-refractivity contribution in [2.75, 3.05) is 0 Å². The molecule has 0 aromatic heterocycles. The standard InChI is InChI=1S/C17H30FN.C3H8.C2H6/c1-6-10-15(12-11-14(5)7-2)17(9-4)19-13-16(18)8-3;1-3-2;1-2/h8,13-15H,3,6-7,9-12H2,1-2,4-5H3;3H2,1-2H3;1-2H3/b16-13+,19-17?;;. The highest BCUT2D eigenvalue weighted by molar-refractivity contribution is 5.87. The molecular weight excluding hydrogens is 297 g/mol. The summed E-state index contributed by atoms with van der Waals surface area (Å²) in [5, 5.41) is 0. The van der Waals surface area contributed by atoms with E-state index in [4.69, 9.17) is 0 Å². The minimum Gasteiger partial charge on any atom is -0.262 e. The van der Waals surface area contributed by atoms with Crippen LogP contribution in [0.2, 0.25) is 0 Å². The second-order valence-electron chi connectivity index (χ2n) is 5.98. The van der Waals surface area contributed by atoms with Gasteiger partial charge in [0.25, 0.3) is 0 Å². The fourth-order valence-electron chi connectivity index (χ4n) is 2.20. The van der Waals surface area contributed by atoms with E-state index in [0.717, 1.165) is 30.9 Å². The highest BCUT2D eigenvalue weighted by atomic mass is 19.1. The largest absolute Gasteiger partial charge is 0.262 e. The van der Waals surface area contributed by atoms with Gasteiger partial charge in [-0.15, -0.1) is 0 Å². The minimum atomic E-state index is -0.358. The summed E-state index contributed by atoms with van der Waals surface area (Å²) in [6.07, 6.45) is 10.6. The number of nitrogens with zero attached hydrogens (tertiary/aromatic N) is 1. The molecule has 2 heteroatoms. The van der Waals surface area contributed by atoms with Gasteiger partial charge in [-0.2, -0.15) is 0 Å². The molecule has 2 atom stereocenters. The third-order valence-electron chi connectivity index (χ3n) is 3.72. The Morgan fingerprint density at radius 1 is 1.04 bits per heavy atom. The molecule has 0 N–H and O–H groups in total. The lowest BCUT2D eigenvalue weighted by Crippen LogP contribution is -2.15. The lowest BCUT2D eigenvalue weighted by atomic mass is 9.88. The molecule has 0 aliphatic heterocycles. The average Bonchev–Trinajstić information content (AvgIpc) is 2.61. The van der Waals surface area contributed by atoms with Gasteiger partial charge in [-0.25, -0.2) is 4.39 Å². The Labute approximate surface area is 152 Å².